The van der Waals surface area contributed by atoms with Crippen LogP contribution in [0.5, 0.6) is 0 Å². The van der Waals surface area contributed by atoms with Crippen LogP contribution in [0.25, 0.3) is 0 Å². The van der Waals surface area contributed by atoms with Crippen molar-refractivity contribution < 1.29 is 28.2 Å². The first kappa shape index (κ1) is 31.5. The van der Waals surface area contributed by atoms with E-state index in [2.05, 4.69) is 13.8 Å². The number of carboxylic acids is 1. The van der Waals surface area contributed by atoms with Gasteiger partial charge in [0.25, 0.3) is 5.91 Å². The molecule has 1 amide bonds. The zero-order chi connectivity index (χ0) is 29.2. The average Bonchev–Trinajstić information content (AvgIpc) is 2.82. The SMILES string of the molecule is CCC(CC)(c1ccc(C(=O)N(C)CC(=O)O)c(C)c1)c1ccc(S(=O)(=O)C(C)C(O)C(C)(C)C)c(C)c1. The first-order chi connectivity index (χ1) is 17.4. The van der Waals surface area contributed by atoms with E-state index < -0.39 is 38.0 Å². The fourth-order valence-corrected chi connectivity index (χ4v) is 7.17. The summed E-state index contributed by atoms with van der Waals surface area (Å²) in [5, 5.41) is 18.8. The first-order valence-corrected chi connectivity index (χ1v) is 14.6. The Labute approximate surface area is 227 Å². The summed E-state index contributed by atoms with van der Waals surface area (Å²) in [7, 11) is -2.30. The van der Waals surface area contributed by atoms with Gasteiger partial charge in [-0.3, -0.25) is 9.59 Å². The molecule has 210 valence electrons. The van der Waals surface area contributed by atoms with Crippen molar-refractivity contribution >= 4 is 21.7 Å². The number of nitrogens with zero attached hydrogens (tertiary/aromatic N) is 1. The van der Waals surface area contributed by atoms with Gasteiger partial charge in [-0.1, -0.05) is 58.9 Å². The van der Waals surface area contributed by atoms with Crippen LogP contribution in [-0.2, 0) is 20.0 Å². The van der Waals surface area contributed by atoms with Crippen molar-refractivity contribution in [1.82, 2.24) is 4.90 Å². The summed E-state index contributed by atoms with van der Waals surface area (Å²) in [4.78, 5) is 25.2. The van der Waals surface area contributed by atoms with E-state index in [4.69, 9.17) is 5.11 Å². The number of aliphatic hydroxyl groups is 1. The number of aryl methyl sites for hydroxylation is 2. The van der Waals surface area contributed by atoms with Gasteiger partial charge >= 0.3 is 5.97 Å². The molecule has 0 aromatic heterocycles. The quantitative estimate of drug-likeness (QED) is 0.428. The number of likely N-dealkylation sites (N-methyl/N-ethyl adjacent to an activating group) is 1. The van der Waals surface area contributed by atoms with Crippen molar-refractivity contribution in [3.05, 3.63) is 64.2 Å². The van der Waals surface area contributed by atoms with Crippen molar-refractivity contribution in [2.24, 2.45) is 5.41 Å². The molecular formula is C30H43NO6S. The normalized spacial score (nSPS) is 14.2. The van der Waals surface area contributed by atoms with Crippen molar-refractivity contribution in [3.8, 4) is 0 Å². The van der Waals surface area contributed by atoms with Gasteiger partial charge in [0.2, 0.25) is 0 Å². The molecule has 0 spiro atoms. The topological polar surface area (TPSA) is 112 Å². The average molecular weight is 546 g/mol. The Kier molecular flexibility index (Phi) is 9.60. The maximum absolute atomic E-state index is 13.4. The van der Waals surface area contributed by atoms with E-state index in [0.717, 1.165) is 29.5 Å². The molecule has 0 aliphatic heterocycles. The Morgan fingerprint density at radius 3 is 1.87 bits per heavy atom. The van der Waals surface area contributed by atoms with E-state index in [-0.39, 0.29) is 17.3 Å². The molecule has 7 nitrogen and oxygen atoms in total. The number of sulfone groups is 1. The molecule has 2 atom stereocenters. The number of hydrogen-bond donors (Lipinski definition) is 2. The second kappa shape index (κ2) is 11.6. The summed E-state index contributed by atoms with van der Waals surface area (Å²) in [6.45, 7) is 14.4. The summed E-state index contributed by atoms with van der Waals surface area (Å²) in [6, 6.07) is 11.0. The molecule has 2 N–H and O–H groups in total. The molecule has 0 saturated heterocycles. The van der Waals surface area contributed by atoms with Crippen LogP contribution >= 0.6 is 0 Å². The molecule has 0 aliphatic rings. The van der Waals surface area contributed by atoms with Gasteiger partial charge in [0, 0.05) is 18.0 Å². The first-order valence-electron chi connectivity index (χ1n) is 13.1. The van der Waals surface area contributed by atoms with Crippen LogP contribution in [0, 0.1) is 19.3 Å². The monoisotopic (exact) mass is 545 g/mol. The molecule has 0 saturated carbocycles. The Hall–Kier alpha value is -2.71. The van der Waals surface area contributed by atoms with Crippen molar-refractivity contribution in [3.63, 3.8) is 0 Å². The fraction of sp³-hybridized carbons (Fsp3) is 0.533. The number of amides is 1. The second-order valence-corrected chi connectivity index (χ2v) is 13.7. The number of carbonyl (C=O) groups is 2. The molecular weight excluding hydrogens is 502 g/mol. The van der Waals surface area contributed by atoms with E-state index in [1.165, 1.54) is 11.9 Å². The zero-order valence-electron chi connectivity index (χ0n) is 24.1. The summed E-state index contributed by atoms with van der Waals surface area (Å²) in [6.07, 6.45) is 0.482. The summed E-state index contributed by atoms with van der Waals surface area (Å²) < 4.78 is 26.9. The lowest BCUT2D eigenvalue weighted by Gasteiger charge is -2.35. The Morgan fingerprint density at radius 2 is 1.45 bits per heavy atom. The Balaban J connectivity index is 2.55. The van der Waals surface area contributed by atoms with Gasteiger partial charge in [0.15, 0.2) is 9.84 Å². The van der Waals surface area contributed by atoms with Crippen LogP contribution in [0.3, 0.4) is 0 Å². The minimum Gasteiger partial charge on any atom is -0.480 e. The Bertz CT molecular complexity index is 1290. The highest BCUT2D eigenvalue weighted by atomic mass is 32.2. The molecule has 0 aliphatic carbocycles. The minimum atomic E-state index is -3.77. The third-order valence-electron chi connectivity index (χ3n) is 7.79. The van der Waals surface area contributed by atoms with Gasteiger partial charge in [-0.2, -0.15) is 0 Å². The highest BCUT2D eigenvalue weighted by molar-refractivity contribution is 7.92. The lowest BCUT2D eigenvalue weighted by Crippen LogP contribution is -2.40. The van der Waals surface area contributed by atoms with E-state index in [0.29, 0.717) is 11.1 Å². The molecule has 0 radical (unpaired) electrons. The summed E-state index contributed by atoms with van der Waals surface area (Å²) >= 11 is 0. The number of rotatable bonds is 10. The molecule has 2 aromatic carbocycles. The number of aliphatic carboxylic acids is 1. The molecule has 2 aromatic rings. The maximum atomic E-state index is 13.4. The number of aliphatic hydroxyl groups excluding tert-OH is 1. The predicted molar refractivity (Wildman–Crippen MR) is 150 cm³/mol. The van der Waals surface area contributed by atoms with E-state index in [1.807, 2.05) is 52.0 Å². The molecule has 2 rings (SSSR count). The van der Waals surface area contributed by atoms with Gasteiger partial charge < -0.3 is 15.1 Å². The van der Waals surface area contributed by atoms with E-state index in [1.54, 1.807) is 26.0 Å². The lowest BCUT2D eigenvalue weighted by molar-refractivity contribution is -0.137. The number of hydrogen-bond acceptors (Lipinski definition) is 5. The van der Waals surface area contributed by atoms with Gasteiger partial charge in [-0.15, -0.1) is 0 Å². The van der Waals surface area contributed by atoms with Crippen molar-refractivity contribution in [2.45, 2.75) is 89.9 Å². The van der Waals surface area contributed by atoms with Crippen molar-refractivity contribution in [2.75, 3.05) is 13.6 Å². The smallest absolute Gasteiger partial charge is 0.323 e. The van der Waals surface area contributed by atoms with Gasteiger partial charge in [0.05, 0.1) is 16.2 Å². The second-order valence-electron chi connectivity index (χ2n) is 11.4. The molecule has 2 unspecified atom stereocenters. The van der Waals surface area contributed by atoms with Crippen LogP contribution < -0.4 is 0 Å². The van der Waals surface area contributed by atoms with Gasteiger partial charge in [0.1, 0.15) is 6.54 Å². The zero-order valence-corrected chi connectivity index (χ0v) is 24.9. The van der Waals surface area contributed by atoms with Crippen LogP contribution in [0.4, 0.5) is 0 Å². The predicted octanol–water partition coefficient (Wildman–Crippen LogP) is 5.14. The fourth-order valence-electron chi connectivity index (χ4n) is 5.26. The van der Waals surface area contributed by atoms with Crippen LogP contribution in [0.1, 0.15) is 87.0 Å². The molecule has 0 fully saturated rings. The van der Waals surface area contributed by atoms with Crippen LogP contribution in [0.15, 0.2) is 41.3 Å². The van der Waals surface area contributed by atoms with Crippen LogP contribution in [-0.4, -0.2) is 60.4 Å². The van der Waals surface area contributed by atoms with E-state index in [9.17, 15) is 23.1 Å². The number of carboxylic acid groups (broad SMARTS) is 1. The largest absolute Gasteiger partial charge is 0.480 e. The van der Waals surface area contributed by atoms with Crippen molar-refractivity contribution in [1.29, 1.82) is 0 Å². The molecule has 0 heterocycles. The minimum absolute atomic E-state index is 0.219. The summed E-state index contributed by atoms with van der Waals surface area (Å²) in [5.74, 6) is -1.43. The highest BCUT2D eigenvalue weighted by Crippen LogP contribution is 2.41. The standard InChI is InChI=1S/C30H43NO6S/c1-10-30(11-2,22-12-14-24(19(3)16-22)28(35)31(9)18-26(32)33)23-13-15-25(20(4)17-23)38(36,37)21(5)27(34)29(6,7)8/h12-17,21,27,34H,10-11,18H2,1-9H3,(H,32,33). The lowest BCUT2D eigenvalue weighted by atomic mass is 9.70. The number of carbonyl (C=O) groups excluding carboxylic acids is 1. The maximum Gasteiger partial charge on any atom is 0.323 e. The molecule has 38 heavy (non-hydrogen) atoms. The Morgan fingerprint density at radius 1 is 0.947 bits per heavy atom. The molecule has 0 bridgehead atoms. The van der Waals surface area contributed by atoms with Crippen LogP contribution in [0.2, 0.25) is 0 Å². The third kappa shape index (κ3) is 6.12. The number of benzene rings is 2. The molecule has 8 heteroatoms. The highest BCUT2D eigenvalue weighted by Gasteiger charge is 2.38. The van der Waals surface area contributed by atoms with E-state index >= 15 is 0 Å². The summed E-state index contributed by atoms with van der Waals surface area (Å²) in [5.41, 5.74) is 2.81. The van der Waals surface area contributed by atoms with Gasteiger partial charge in [-0.25, -0.2) is 8.42 Å². The third-order valence-corrected chi connectivity index (χ3v) is 10.1. The van der Waals surface area contributed by atoms with Gasteiger partial charge in [-0.05, 0) is 73.4 Å².